The van der Waals surface area contributed by atoms with Crippen molar-refractivity contribution in [2.45, 2.75) is 20.0 Å². The minimum atomic E-state index is 0. The molecule has 0 atom stereocenters. The van der Waals surface area contributed by atoms with Gasteiger partial charge in [0.1, 0.15) is 5.76 Å². The maximum Gasteiger partial charge on any atom is 0.191 e. The van der Waals surface area contributed by atoms with E-state index in [0.29, 0.717) is 13.1 Å². The van der Waals surface area contributed by atoms with Crippen LogP contribution in [0, 0.1) is 0 Å². The number of guanidine groups is 1. The SMILES string of the molecule is CCNC(=NCc1cccc2ccccc12)NCc1ccco1.I. The third kappa shape index (κ3) is 4.74. The summed E-state index contributed by atoms with van der Waals surface area (Å²) < 4.78 is 5.34. The van der Waals surface area contributed by atoms with Gasteiger partial charge in [0.15, 0.2) is 5.96 Å². The molecule has 1 heterocycles. The molecule has 0 bridgehead atoms. The Balaban J connectivity index is 0.00000208. The van der Waals surface area contributed by atoms with Crippen LogP contribution in [0.1, 0.15) is 18.2 Å². The Morgan fingerprint density at radius 3 is 2.62 bits per heavy atom. The van der Waals surface area contributed by atoms with E-state index in [1.54, 1.807) is 6.26 Å². The molecule has 0 aliphatic carbocycles. The largest absolute Gasteiger partial charge is 0.467 e. The number of rotatable bonds is 5. The van der Waals surface area contributed by atoms with Crippen LogP contribution < -0.4 is 10.6 Å². The minimum absolute atomic E-state index is 0. The van der Waals surface area contributed by atoms with Gasteiger partial charge in [0.2, 0.25) is 0 Å². The lowest BCUT2D eigenvalue weighted by Gasteiger charge is -2.11. The number of fused-ring (bicyclic) bond motifs is 1. The van der Waals surface area contributed by atoms with E-state index in [1.165, 1.54) is 16.3 Å². The molecule has 0 saturated carbocycles. The Bertz CT molecular complexity index is 779. The first-order chi connectivity index (χ1) is 11.4. The van der Waals surface area contributed by atoms with Gasteiger partial charge in [-0.25, -0.2) is 4.99 Å². The highest BCUT2D eigenvalue weighted by atomic mass is 127. The molecule has 1 aromatic heterocycles. The van der Waals surface area contributed by atoms with Crippen LogP contribution in [-0.2, 0) is 13.1 Å². The fourth-order valence-electron chi connectivity index (χ4n) is 2.52. The van der Waals surface area contributed by atoms with Crippen molar-refractivity contribution in [1.82, 2.24) is 10.6 Å². The number of aliphatic imine (C=N–C) groups is 1. The summed E-state index contributed by atoms with van der Waals surface area (Å²) in [6, 6.07) is 18.6. The Morgan fingerprint density at radius 2 is 1.83 bits per heavy atom. The maximum atomic E-state index is 5.34. The highest BCUT2D eigenvalue weighted by Crippen LogP contribution is 2.19. The molecule has 5 heteroatoms. The van der Waals surface area contributed by atoms with Crippen LogP contribution in [-0.4, -0.2) is 12.5 Å². The first-order valence-electron chi connectivity index (χ1n) is 7.88. The summed E-state index contributed by atoms with van der Waals surface area (Å²) in [6.45, 7) is 4.13. The van der Waals surface area contributed by atoms with Crippen molar-refractivity contribution in [1.29, 1.82) is 0 Å². The van der Waals surface area contributed by atoms with E-state index in [4.69, 9.17) is 4.42 Å². The van der Waals surface area contributed by atoms with Gasteiger partial charge in [0, 0.05) is 6.54 Å². The summed E-state index contributed by atoms with van der Waals surface area (Å²) in [5, 5.41) is 9.04. The van der Waals surface area contributed by atoms with E-state index in [9.17, 15) is 0 Å². The van der Waals surface area contributed by atoms with Crippen molar-refractivity contribution < 1.29 is 4.42 Å². The molecule has 0 spiro atoms. The van der Waals surface area contributed by atoms with Crippen molar-refractivity contribution in [3.8, 4) is 0 Å². The molecule has 126 valence electrons. The van der Waals surface area contributed by atoms with Gasteiger partial charge in [-0.1, -0.05) is 42.5 Å². The number of halogens is 1. The summed E-state index contributed by atoms with van der Waals surface area (Å²) in [5.41, 5.74) is 1.22. The van der Waals surface area contributed by atoms with Crippen LogP contribution in [0.4, 0.5) is 0 Å². The minimum Gasteiger partial charge on any atom is -0.467 e. The zero-order valence-corrected chi connectivity index (χ0v) is 16.0. The molecule has 4 nitrogen and oxygen atoms in total. The zero-order chi connectivity index (χ0) is 15.9. The van der Waals surface area contributed by atoms with E-state index < -0.39 is 0 Å². The molecular weight excluding hydrogens is 413 g/mol. The van der Waals surface area contributed by atoms with E-state index in [1.807, 2.05) is 12.1 Å². The summed E-state index contributed by atoms with van der Waals surface area (Å²) in [6.07, 6.45) is 1.68. The molecule has 0 amide bonds. The quantitative estimate of drug-likeness (QED) is 0.357. The van der Waals surface area contributed by atoms with Gasteiger partial charge in [0.25, 0.3) is 0 Å². The van der Waals surface area contributed by atoms with E-state index in [0.717, 1.165) is 18.3 Å². The van der Waals surface area contributed by atoms with Gasteiger partial charge in [-0.15, -0.1) is 24.0 Å². The van der Waals surface area contributed by atoms with Gasteiger partial charge in [-0.2, -0.15) is 0 Å². The van der Waals surface area contributed by atoms with Gasteiger partial charge in [-0.3, -0.25) is 0 Å². The normalized spacial score (nSPS) is 11.1. The lowest BCUT2D eigenvalue weighted by Crippen LogP contribution is -2.36. The van der Waals surface area contributed by atoms with E-state index in [-0.39, 0.29) is 24.0 Å². The van der Waals surface area contributed by atoms with Crippen LogP contribution in [0.2, 0.25) is 0 Å². The topological polar surface area (TPSA) is 49.6 Å². The molecule has 0 saturated heterocycles. The molecule has 0 aliphatic heterocycles. The fraction of sp³-hybridized carbons (Fsp3) is 0.211. The lowest BCUT2D eigenvalue weighted by atomic mass is 10.1. The standard InChI is InChI=1S/C19H21N3O.HI/c1-2-20-19(22-14-17-10-6-12-23-17)21-13-16-9-5-8-15-7-3-4-11-18(15)16;/h3-12H,2,13-14H2,1H3,(H2,20,21,22);1H. The number of benzene rings is 2. The Kier molecular flexibility index (Phi) is 7.11. The van der Waals surface area contributed by atoms with Crippen LogP contribution >= 0.6 is 24.0 Å². The van der Waals surface area contributed by atoms with Crippen molar-refractivity contribution in [2.75, 3.05) is 6.54 Å². The van der Waals surface area contributed by atoms with Crippen LogP contribution in [0.15, 0.2) is 70.3 Å². The van der Waals surface area contributed by atoms with Gasteiger partial charge >= 0.3 is 0 Å². The number of hydrogen-bond donors (Lipinski definition) is 2. The molecule has 2 N–H and O–H groups in total. The molecule has 2 aromatic carbocycles. The summed E-state index contributed by atoms with van der Waals surface area (Å²) >= 11 is 0. The average Bonchev–Trinajstić information content (AvgIpc) is 3.11. The molecule has 24 heavy (non-hydrogen) atoms. The smallest absolute Gasteiger partial charge is 0.191 e. The van der Waals surface area contributed by atoms with Gasteiger partial charge in [0.05, 0.1) is 19.4 Å². The average molecular weight is 435 g/mol. The van der Waals surface area contributed by atoms with Crippen molar-refractivity contribution >= 4 is 40.7 Å². The second-order valence-electron chi connectivity index (χ2n) is 5.27. The van der Waals surface area contributed by atoms with Gasteiger partial charge in [-0.05, 0) is 35.4 Å². The van der Waals surface area contributed by atoms with Gasteiger partial charge < -0.3 is 15.1 Å². The molecular formula is C19H22IN3O. The molecule has 3 aromatic rings. The Morgan fingerprint density at radius 1 is 1.00 bits per heavy atom. The maximum absolute atomic E-state index is 5.34. The first kappa shape index (κ1) is 18.3. The number of nitrogens with one attached hydrogen (secondary N) is 2. The highest BCUT2D eigenvalue weighted by Gasteiger charge is 2.02. The number of nitrogens with zero attached hydrogens (tertiary/aromatic N) is 1. The summed E-state index contributed by atoms with van der Waals surface area (Å²) in [4.78, 5) is 4.69. The van der Waals surface area contributed by atoms with E-state index in [2.05, 4.69) is 65.0 Å². The van der Waals surface area contributed by atoms with Crippen LogP contribution in [0.25, 0.3) is 10.8 Å². The summed E-state index contributed by atoms with van der Waals surface area (Å²) in [7, 11) is 0. The molecule has 0 radical (unpaired) electrons. The van der Waals surface area contributed by atoms with Crippen LogP contribution in [0.5, 0.6) is 0 Å². The van der Waals surface area contributed by atoms with Crippen molar-refractivity contribution in [2.24, 2.45) is 4.99 Å². The second kappa shape index (κ2) is 9.32. The van der Waals surface area contributed by atoms with E-state index >= 15 is 0 Å². The van der Waals surface area contributed by atoms with Crippen molar-refractivity contribution in [3.63, 3.8) is 0 Å². The molecule has 0 fully saturated rings. The zero-order valence-electron chi connectivity index (χ0n) is 13.7. The number of furan rings is 1. The van der Waals surface area contributed by atoms with Crippen LogP contribution in [0.3, 0.4) is 0 Å². The third-order valence-electron chi connectivity index (χ3n) is 3.64. The highest BCUT2D eigenvalue weighted by molar-refractivity contribution is 14.0. The van der Waals surface area contributed by atoms with Crippen molar-refractivity contribution in [3.05, 3.63) is 72.2 Å². The fourth-order valence-corrected chi connectivity index (χ4v) is 2.52. The Labute approximate surface area is 159 Å². The monoisotopic (exact) mass is 435 g/mol. The third-order valence-corrected chi connectivity index (χ3v) is 3.64. The summed E-state index contributed by atoms with van der Waals surface area (Å²) in [5.74, 6) is 1.68. The predicted molar refractivity (Wildman–Crippen MR) is 110 cm³/mol. The molecule has 0 aliphatic rings. The lowest BCUT2D eigenvalue weighted by molar-refractivity contribution is 0.501. The second-order valence-corrected chi connectivity index (χ2v) is 5.27. The molecule has 3 rings (SSSR count). The number of hydrogen-bond acceptors (Lipinski definition) is 2. The first-order valence-corrected chi connectivity index (χ1v) is 7.88. The molecule has 0 unspecified atom stereocenters. The Hall–Kier alpha value is -2.02. The predicted octanol–water partition coefficient (Wildman–Crippen LogP) is 4.31.